The molecule has 0 unspecified atom stereocenters. The molecule has 2 N–H and O–H groups in total. The van der Waals surface area contributed by atoms with Crippen molar-refractivity contribution in [3.63, 3.8) is 0 Å². The lowest BCUT2D eigenvalue weighted by molar-refractivity contribution is 0.0597. The predicted octanol–water partition coefficient (Wildman–Crippen LogP) is 2.54. The lowest BCUT2D eigenvalue weighted by Crippen LogP contribution is -2.06. The van der Waals surface area contributed by atoms with Crippen LogP contribution in [-0.4, -0.2) is 29.3 Å². The van der Waals surface area contributed by atoms with E-state index < -0.39 is 17.7 Å². The topological polar surface area (TPSA) is 83.8 Å². The fourth-order valence-corrected chi connectivity index (χ4v) is 1.86. The predicted molar refractivity (Wildman–Crippen MR) is 71.8 cm³/mol. The van der Waals surface area contributed by atoms with Crippen molar-refractivity contribution < 1.29 is 24.5 Å². The van der Waals surface area contributed by atoms with Crippen molar-refractivity contribution in [1.29, 1.82) is 0 Å². The molecule has 20 heavy (non-hydrogen) atoms. The van der Waals surface area contributed by atoms with Gasteiger partial charge < -0.3 is 14.9 Å². The molecule has 0 amide bonds. The highest BCUT2D eigenvalue weighted by atomic mass is 16.5. The molecule has 0 spiro atoms. The van der Waals surface area contributed by atoms with Crippen LogP contribution in [0.5, 0.6) is 5.75 Å². The molecule has 0 fully saturated rings. The Kier molecular flexibility index (Phi) is 3.70. The molecule has 5 heteroatoms. The summed E-state index contributed by atoms with van der Waals surface area (Å²) in [6.45, 7) is 0. The molecule has 0 bridgehead atoms. The second kappa shape index (κ2) is 5.44. The highest BCUT2D eigenvalue weighted by Crippen LogP contribution is 2.30. The monoisotopic (exact) mass is 272 g/mol. The summed E-state index contributed by atoms with van der Waals surface area (Å²) in [5, 5.41) is 19.0. The number of phenols is 1. The number of aromatic carboxylic acids is 1. The Hall–Kier alpha value is -2.82. The van der Waals surface area contributed by atoms with Gasteiger partial charge in [-0.25, -0.2) is 9.59 Å². The molecule has 0 saturated heterocycles. The maximum Gasteiger partial charge on any atom is 0.341 e. The van der Waals surface area contributed by atoms with Gasteiger partial charge in [-0.15, -0.1) is 0 Å². The van der Waals surface area contributed by atoms with Crippen LogP contribution in [0.15, 0.2) is 42.5 Å². The summed E-state index contributed by atoms with van der Waals surface area (Å²) in [7, 11) is 1.16. The first-order valence-corrected chi connectivity index (χ1v) is 5.78. The summed E-state index contributed by atoms with van der Waals surface area (Å²) in [5.74, 6) is -2.70. The Morgan fingerprint density at radius 2 is 1.60 bits per heavy atom. The Morgan fingerprint density at radius 1 is 1.00 bits per heavy atom. The number of methoxy groups -OCH3 is 1. The van der Waals surface area contributed by atoms with E-state index in [1.54, 1.807) is 24.3 Å². The first-order chi connectivity index (χ1) is 9.54. The maximum absolute atomic E-state index is 11.6. The number of benzene rings is 2. The minimum absolute atomic E-state index is 0.175. The van der Waals surface area contributed by atoms with E-state index in [9.17, 15) is 14.7 Å². The Balaban J connectivity index is 2.68. The van der Waals surface area contributed by atoms with Gasteiger partial charge >= 0.3 is 11.9 Å². The average Bonchev–Trinajstić information content (AvgIpc) is 2.47. The number of carboxylic acids is 1. The molecule has 0 aliphatic rings. The van der Waals surface area contributed by atoms with E-state index in [2.05, 4.69) is 4.74 Å². The van der Waals surface area contributed by atoms with Gasteiger partial charge in [0, 0.05) is 0 Å². The summed E-state index contributed by atoms with van der Waals surface area (Å²) in [4.78, 5) is 22.8. The van der Waals surface area contributed by atoms with Gasteiger partial charge in [-0.3, -0.25) is 0 Å². The van der Waals surface area contributed by atoms with E-state index in [-0.39, 0.29) is 11.1 Å². The highest BCUT2D eigenvalue weighted by Gasteiger charge is 2.21. The van der Waals surface area contributed by atoms with Crippen molar-refractivity contribution in [2.45, 2.75) is 0 Å². The lowest BCUT2D eigenvalue weighted by Gasteiger charge is -2.09. The third kappa shape index (κ3) is 2.47. The maximum atomic E-state index is 11.6. The molecule has 2 aromatic carbocycles. The molecule has 2 rings (SSSR count). The summed E-state index contributed by atoms with van der Waals surface area (Å²) < 4.78 is 4.55. The molecule has 0 atom stereocenters. The van der Waals surface area contributed by atoms with Crippen LogP contribution in [0, 0.1) is 0 Å². The number of hydrogen-bond acceptors (Lipinski definition) is 4. The summed E-state index contributed by atoms with van der Waals surface area (Å²) in [6.07, 6.45) is 0. The van der Waals surface area contributed by atoms with Crippen molar-refractivity contribution >= 4 is 11.9 Å². The fraction of sp³-hybridized carbons (Fsp3) is 0.0667. The van der Waals surface area contributed by atoms with Gasteiger partial charge in [0.1, 0.15) is 16.9 Å². The van der Waals surface area contributed by atoms with E-state index in [1.165, 1.54) is 12.1 Å². The number of carbonyl (C=O) groups excluding carboxylic acids is 1. The first-order valence-electron chi connectivity index (χ1n) is 5.78. The highest BCUT2D eigenvalue weighted by molar-refractivity contribution is 6.01. The molecule has 0 aliphatic heterocycles. The summed E-state index contributed by atoms with van der Waals surface area (Å²) in [5.41, 5.74) is 0.736. The number of esters is 1. The third-order valence-corrected chi connectivity index (χ3v) is 2.85. The van der Waals surface area contributed by atoms with Crippen LogP contribution in [0.1, 0.15) is 20.7 Å². The normalized spacial score (nSPS) is 10.1. The number of carboxylic acid groups (broad SMARTS) is 1. The van der Waals surface area contributed by atoms with E-state index in [0.717, 1.165) is 12.7 Å². The molecule has 0 saturated carbocycles. The molecule has 0 heterocycles. The molecule has 0 radical (unpaired) electrons. The molecule has 2 aromatic rings. The van der Waals surface area contributed by atoms with Crippen molar-refractivity contribution in [1.82, 2.24) is 0 Å². The Bertz CT molecular complexity index is 661. The molecular weight excluding hydrogens is 260 g/mol. The van der Waals surface area contributed by atoms with E-state index in [4.69, 9.17) is 5.11 Å². The van der Waals surface area contributed by atoms with Gasteiger partial charge in [0.2, 0.25) is 0 Å². The van der Waals surface area contributed by atoms with E-state index >= 15 is 0 Å². The van der Waals surface area contributed by atoms with Crippen LogP contribution >= 0.6 is 0 Å². The van der Waals surface area contributed by atoms with Crippen molar-refractivity contribution in [3.05, 3.63) is 53.6 Å². The molecule has 102 valence electrons. The molecule has 0 aromatic heterocycles. The molecular formula is C15H12O5. The summed E-state index contributed by atoms with van der Waals surface area (Å²) >= 11 is 0. The minimum Gasteiger partial charge on any atom is -0.506 e. The molecule has 5 nitrogen and oxygen atoms in total. The Labute approximate surface area is 115 Å². The zero-order chi connectivity index (χ0) is 14.7. The van der Waals surface area contributed by atoms with Gasteiger partial charge in [-0.1, -0.05) is 30.3 Å². The smallest absolute Gasteiger partial charge is 0.341 e. The number of carbonyl (C=O) groups is 2. The number of ether oxygens (including phenoxy) is 1. The van der Waals surface area contributed by atoms with Crippen LogP contribution in [0.3, 0.4) is 0 Å². The fourth-order valence-electron chi connectivity index (χ4n) is 1.86. The third-order valence-electron chi connectivity index (χ3n) is 2.85. The number of aromatic hydroxyl groups is 1. The number of rotatable bonds is 3. The average molecular weight is 272 g/mol. The van der Waals surface area contributed by atoms with Crippen LogP contribution in [0.4, 0.5) is 0 Å². The zero-order valence-electron chi connectivity index (χ0n) is 10.7. The van der Waals surface area contributed by atoms with Gasteiger partial charge in [0.05, 0.1) is 7.11 Å². The van der Waals surface area contributed by atoms with Crippen LogP contribution in [0.25, 0.3) is 11.1 Å². The summed E-state index contributed by atoms with van der Waals surface area (Å²) in [6, 6.07) is 11.7. The van der Waals surface area contributed by atoms with Crippen LogP contribution in [-0.2, 0) is 4.74 Å². The van der Waals surface area contributed by atoms with Gasteiger partial charge in [0.25, 0.3) is 0 Å². The standard InChI is InChI=1S/C15H12O5/c1-20-15(19)12-8-10(9-5-3-2-4-6-9)7-11(13(12)16)14(17)18/h2-8,16H,1H3,(H,17,18). The largest absolute Gasteiger partial charge is 0.506 e. The van der Waals surface area contributed by atoms with Gasteiger partial charge in [0.15, 0.2) is 0 Å². The SMILES string of the molecule is COC(=O)c1cc(-c2ccccc2)cc(C(=O)O)c1O. The van der Waals surface area contributed by atoms with Crippen molar-refractivity contribution in [2.75, 3.05) is 7.11 Å². The Morgan fingerprint density at radius 3 is 2.15 bits per heavy atom. The van der Waals surface area contributed by atoms with E-state index in [1.807, 2.05) is 6.07 Å². The second-order valence-corrected chi connectivity index (χ2v) is 4.08. The lowest BCUT2D eigenvalue weighted by atomic mass is 9.98. The number of hydrogen-bond donors (Lipinski definition) is 2. The van der Waals surface area contributed by atoms with Gasteiger partial charge in [-0.2, -0.15) is 0 Å². The second-order valence-electron chi connectivity index (χ2n) is 4.08. The van der Waals surface area contributed by atoms with Crippen molar-refractivity contribution in [3.8, 4) is 16.9 Å². The zero-order valence-corrected chi connectivity index (χ0v) is 10.7. The molecule has 0 aliphatic carbocycles. The first kappa shape index (κ1) is 13.6. The van der Waals surface area contributed by atoms with E-state index in [0.29, 0.717) is 5.56 Å². The quantitative estimate of drug-likeness (QED) is 0.839. The van der Waals surface area contributed by atoms with Crippen LogP contribution in [0.2, 0.25) is 0 Å². The minimum atomic E-state index is -1.31. The van der Waals surface area contributed by atoms with Gasteiger partial charge in [-0.05, 0) is 23.3 Å². The van der Waals surface area contributed by atoms with Crippen LogP contribution < -0.4 is 0 Å². The van der Waals surface area contributed by atoms with Crippen molar-refractivity contribution in [2.24, 2.45) is 0 Å².